The minimum absolute atomic E-state index is 1.24. The summed E-state index contributed by atoms with van der Waals surface area (Å²) in [6.07, 6.45) is 31.8. The van der Waals surface area contributed by atoms with E-state index in [1.807, 2.05) is 0 Å². The first-order chi connectivity index (χ1) is 15.4. The van der Waals surface area contributed by atoms with Crippen LogP contribution in [0.3, 0.4) is 0 Å². The molecule has 6 heteroatoms. The van der Waals surface area contributed by atoms with Crippen LogP contribution in [0, 0.1) is 0 Å². The Morgan fingerprint density at radius 2 is 0.688 bits per heavy atom. The van der Waals surface area contributed by atoms with E-state index in [4.69, 9.17) is 0 Å². The predicted octanol–water partition coefficient (Wildman–Crippen LogP) is 7.68. The van der Waals surface area contributed by atoms with E-state index in [1.54, 1.807) is 0 Å². The van der Waals surface area contributed by atoms with Crippen molar-refractivity contribution in [3.8, 4) is 0 Å². The number of hydrogen-bond donors (Lipinski definition) is 1. The zero-order chi connectivity index (χ0) is 24.2. The summed E-state index contributed by atoms with van der Waals surface area (Å²) in [4.78, 5) is 18.6. The summed E-state index contributed by atoms with van der Waals surface area (Å²) in [5, 5.41) is 3.65. The van der Waals surface area contributed by atoms with Crippen molar-refractivity contribution in [2.24, 2.45) is 0 Å². The third kappa shape index (κ3) is 44.5. The molecule has 0 aliphatic rings. The summed E-state index contributed by atoms with van der Waals surface area (Å²) in [6, 6.07) is 0. The molecule has 196 valence electrons. The highest BCUT2D eigenvalue weighted by Crippen LogP contribution is 2.16. The maximum absolute atomic E-state index is 9.29. The van der Waals surface area contributed by atoms with Crippen LogP contribution in [0.25, 0.3) is 0 Å². The summed E-state index contributed by atoms with van der Waals surface area (Å²) in [5.74, 6) is 0. The highest BCUT2D eigenvalue weighted by atomic mass is 32.9. The molecule has 0 heterocycles. The first-order valence-electron chi connectivity index (χ1n) is 13.9. The smallest absolute Gasteiger partial charge is 0.00489 e. The lowest BCUT2D eigenvalue weighted by Gasteiger charge is -2.44. The van der Waals surface area contributed by atoms with Gasteiger partial charge in [-0.05, 0) is 25.9 Å². The number of nitrogens with one attached hydrogen (secondary N) is 1. The van der Waals surface area contributed by atoms with Crippen molar-refractivity contribution in [2.45, 2.75) is 155 Å². The minimum atomic E-state index is -3.72. The van der Waals surface area contributed by atoms with Crippen LogP contribution < -0.4 is 15.1 Å². The van der Waals surface area contributed by atoms with Gasteiger partial charge in [0.2, 0.25) is 0 Å². The Labute approximate surface area is 212 Å². The maximum atomic E-state index is 9.29. The molecule has 0 aliphatic carbocycles. The molecule has 0 aromatic heterocycles. The van der Waals surface area contributed by atoms with Crippen LogP contribution in [-0.2, 0) is 24.1 Å². The fourth-order valence-corrected chi connectivity index (χ4v) is 3.95. The number of unbranched alkanes of at least 4 members (excludes halogenated alkanes) is 20. The van der Waals surface area contributed by atoms with Gasteiger partial charge in [0, 0.05) is 0 Å². The van der Waals surface area contributed by atoms with E-state index in [-0.39, 0.29) is 0 Å². The van der Waals surface area contributed by atoms with Gasteiger partial charge in [0.1, 0.15) is 0 Å². The van der Waals surface area contributed by atoms with Gasteiger partial charge < -0.3 is 33.0 Å². The molecule has 0 radical (unpaired) electrons. The van der Waals surface area contributed by atoms with Crippen molar-refractivity contribution in [2.75, 3.05) is 13.1 Å². The Hall–Kier alpha value is 0.880. The van der Waals surface area contributed by atoms with Gasteiger partial charge in [-0.15, -0.1) is 0 Å². The molecule has 0 bridgehead atoms. The largest absolute Gasteiger partial charge is 0.850 e. The Bertz CT molecular complexity index is 349. The van der Waals surface area contributed by atoms with Crippen molar-refractivity contribution < 1.29 is 9.79 Å². The molecule has 0 amide bonds. The molecule has 0 unspecified atom stereocenters. The molecule has 0 rings (SSSR count). The molecular weight excluding hydrogens is 453 g/mol. The van der Waals surface area contributed by atoms with Crippen molar-refractivity contribution in [3.63, 3.8) is 0 Å². The molecule has 0 aromatic rings. The number of rotatable bonds is 24. The second-order valence-corrected chi connectivity index (χ2v) is 13.7. The molecule has 0 spiro atoms. The molecule has 1 N–H and O–H groups in total. The zero-order valence-corrected chi connectivity index (χ0v) is 24.1. The predicted molar refractivity (Wildman–Crippen MR) is 147 cm³/mol. The van der Waals surface area contributed by atoms with Crippen LogP contribution in [0.15, 0.2) is 0 Å². The zero-order valence-electron chi connectivity index (χ0n) is 21.6. The molecule has 0 fully saturated rings. The second kappa shape index (κ2) is 29.9. The van der Waals surface area contributed by atoms with Gasteiger partial charge in [0.25, 0.3) is 0 Å². The van der Waals surface area contributed by atoms with E-state index in [0.29, 0.717) is 0 Å². The van der Waals surface area contributed by atoms with E-state index in [1.165, 1.54) is 154 Å². The second-order valence-electron chi connectivity index (χ2n) is 9.27. The van der Waals surface area contributed by atoms with Crippen molar-refractivity contribution in [1.29, 1.82) is 0 Å². The average Bonchev–Trinajstić information content (AvgIpc) is 2.73. The molecule has 0 aromatic carbocycles. The average molecular weight is 509 g/mol. The number of hydrogen-bond acceptors (Lipinski definition) is 5. The SMILES string of the molecule is CCCCCCCCCCCCCNCCCCCCCCCCCCC.[O-]P([O-])(=S)[S-]. The maximum Gasteiger partial charge on any atom is -0.00489 e. The molecule has 0 saturated heterocycles. The third-order valence-electron chi connectivity index (χ3n) is 5.91. The van der Waals surface area contributed by atoms with Gasteiger partial charge in [-0.25, -0.2) is 0 Å². The summed E-state index contributed by atoms with van der Waals surface area (Å²) >= 11 is 7.28. The van der Waals surface area contributed by atoms with E-state index >= 15 is 0 Å². The van der Waals surface area contributed by atoms with Crippen LogP contribution in [0.4, 0.5) is 0 Å². The standard InChI is InChI=1S/C26H55N.H3O2PS2/c1-3-5-7-9-11-13-15-17-19-21-23-25-27-26-24-22-20-18-16-14-12-10-8-6-4-2;1-3(2,4)5/h27H,3-26H2,1-2H3;(H3,1,2,4,5)/p-3. The fraction of sp³-hybridized carbons (Fsp3) is 1.00. The lowest BCUT2D eigenvalue weighted by Crippen LogP contribution is -2.16. The quantitative estimate of drug-likeness (QED) is 0.0823. The normalized spacial score (nSPS) is 11.4. The van der Waals surface area contributed by atoms with Crippen LogP contribution in [-0.4, -0.2) is 13.1 Å². The Morgan fingerprint density at radius 3 is 0.906 bits per heavy atom. The van der Waals surface area contributed by atoms with Crippen molar-refractivity contribution in [1.82, 2.24) is 5.32 Å². The molecule has 32 heavy (non-hydrogen) atoms. The van der Waals surface area contributed by atoms with Crippen LogP contribution in [0.2, 0.25) is 0 Å². The van der Waals surface area contributed by atoms with E-state index in [2.05, 4.69) is 43.2 Å². The molecule has 0 atom stereocenters. The fourth-order valence-electron chi connectivity index (χ4n) is 3.95. The Balaban J connectivity index is 0. The topological polar surface area (TPSA) is 58.1 Å². The summed E-state index contributed by atoms with van der Waals surface area (Å²) in [7, 11) is 0. The highest BCUT2D eigenvalue weighted by molar-refractivity contribution is 8.49. The van der Waals surface area contributed by atoms with E-state index in [0.717, 1.165) is 0 Å². The van der Waals surface area contributed by atoms with Crippen LogP contribution >= 0.6 is 5.69 Å². The lowest BCUT2D eigenvalue weighted by molar-refractivity contribution is -0.284. The minimum Gasteiger partial charge on any atom is -0.850 e. The van der Waals surface area contributed by atoms with Gasteiger partial charge >= 0.3 is 0 Å². The molecular formula is C26H55NO2PS2-3. The van der Waals surface area contributed by atoms with Gasteiger partial charge in [0.05, 0.1) is 0 Å². The van der Waals surface area contributed by atoms with E-state index in [9.17, 15) is 9.79 Å². The first-order valence-corrected chi connectivity index (χ1v) is 17.5. The summed E-state index contributed by atoms with van der Waals surface area (Å²) in [6.45, 7) is 7.09. The summed E-state index contributed by atoms with van der Waals surface area (Å²) < 4.78 is 0. The molecule has 3 nitrogen and oxygen atoms in total. The van der Waals surface area contributed by atoms with Gasteiger partial charge in [-0.2, -0.15) is 11.8 Å². The van der Waals surface area contributed by atoms with Crippen LogP contribution in [0.1, 0.15) is 155 Å². The molecule has 0 saturated carbocycles. The van der Waals surface area contributed by atoms with E-state index < -0.39 is 5.69 Å². The first kappa shape index (κ1) is 35.0. The third-order valence-corrected chi connectivity index (χ3v) is 5.91. The van der Waals surface area contributed by atoms with Gasteiger partial charge in [-0.1, -0.05) is 142 Å². The Kier molecular flexibility index (Phi) is 32.8. The highest BCUT2D eigenvalue weighted by Gasteiger charge is 1.95. The van der Waals surface area contributed by atoms with Gasteiger partial charge in [0.15, 0.2) is 0 Å². The molecule has 0 aliphatic heterocycles. The summed E-state index contributed by atoms with van der Waals surface area (Å²) in [5.41, 5.74) is -3.72. The van der Waals surface area contributed by atoms with Crippen LogP contribution in [0.5, 0.6) is 0 Å². The van der Waals surface area contributed by atoms with Crippen molar-refractivity contribution >= 4 is 29.7 Å². The Morgan fingerprint density at radius 1 is 0.500 bits per heavy atom. The van der Waals surface area contributed by atoms with Crippen molar-refractivity contribution in [3.05, 3.63) is 0 Å². The lowest BCUT2D eigenvalue weighted by atomic mass is 10.1. The van der Waals surface area contributed by atoms with Gasteiger partial charge in [-0.3, -0.25) is 0 Å². The monoisotopic (exact) mass is 508 g/mol.